The summed E-state index contributed by atoms with van der Waals surface area (Å²) in [4.78, 5) is 0.209. The first-order valence-electron chi connectivity index (χ1n) is 8.27. The summed E-state index contributed by atoms with van der Waals surface area (Å²) in [5.74, 6) is 0.533. The molecule has 7 heteroatoms. The van der Waals surface area contributed by atoms with E-state index in [1.807, 2.05) is 12.1 Å². The van der Waals surface area contributed by atoms with Crippen LogP contribution < -0.4 is 4.74 Å². The molecule has 1 saturated heterocycles. The Kier molecular flexibility index (Phi) is 5.22. The summed E-state index contributed by atoms with van der Waals surface area (Å²) < 4.78 is 32.5. The van der Waals surface area contributed by atoms with Crippen LogP contribution in [-0.4, -0.2) is 25.8 Å². The summed E-state index contributed by atoms with van der Waals surface area (Å²) in [6, 6.07) is 14.8. The highest BCUT2D eigenvalue weighted by molar-refractivity contribution is 7.89. The van der Waals surface area contributed by atoms with Gasteiger partial charge in [0, 0.05) is 13.1 Å². The molecular formula is C19H17N3O3S. The van der Waals surface area contributed by atoms with Gasteiger partial charge in [0.05, 0.1) is 16.0 Å². The van der Waals surface area contributed by atoms with Crippen molar-refractivity contribution in [1.29, 1.82) is 10.5 Å². The highest BCUT2D eigenvalue weighted by Crippen LogP contribution is 2.30. The third kappa shape index (κ3) is 3.55. The zero-order valence-electron chi connectivity index (χ0n) is 14.1. The molecule has 132 valence electrons. The zero-order chi connectivity index (χ0) is 18.6. The minimum Gasteiger partial charge on any atom is -0.455 e. The lowest BCUT2D eigenvalue weighted by Gasteiger charge is -2.25. The zero-order valence-corrected chi connectivity index (χ0v) is 14.9. The van der Waals surface area contributed by atoms with Crippen LogP contribution in [0.5, 0.6) is 11.5 Å². The molecule has 26 heavy (non-hydrogen) atoms. The van der Waals surface area contributed by atoms with Crippen molar-refractivity contribution >= 4 is 10.0 Å². The standard InChI is InChI=1S/C19H17N3O3S/c20-13-15-5-4-6-16(14-21)19(15)25-17-7-9-18(10-8-17)26(23,24)22-11-2-1-3-12-22/h4-10H,1-3,11-12H2. The van der Waals surface area contributed by atoms with E-state index in [0.717, 1.165) is 19.3 Å². The normalized spacial score (nSPS) is 15.0. The lowest BCUT2D eigenvalue weighted by molar-refractivity contribution is 0.346. The van der Waals surface area contributed by atoms with Crippen LogP contribution in [0.15, 0.2) is 47.4 Å². The summed E-state index contributed by atoms with van der Waals surface area (Å²) >= 11 is 0. The molecule has 0 spiro atoms. The Morgan fingerprint density at radius 1 is 0.885 bits per heavy atom. The van der Waals surface area contributed by atoms with Crippen molar-refractivity contribution in [3.05, 3.63) is 53.6 Å². The van der Waals surface area contributed by atoms with E-state index in [0.29, 0.717) is 18.8 Å². The summed E-state index contributed by atoms with van der Waals surface area (Å²) in [5, 5.41) is 18.4. The number of sulfonamides is 1. The Hall–Kier alpha value is -2.87. The number of nitrogens with zero attached hydrogens (tertiary/aromatic N) is 3. The summed E-state index contributed by atoms with van der Waals surface area (Å²) in [6.45, 7) is 1.09. The Morgan fingerprint density at radius 2 is 1.46 bits per heavy atom. The molecule has 0 aromatic heterocycles. The van der Waals surface area contributed by atoms with Crippen molar-refractivity contribution in [3.8, 4) is 23.6 Å². The molecule has 1 aliphatic rings. The van der Waals surface area contributed by atoms with E-state index in [1.165, 1.54) is 28.6 Å². The van der Waals surface area contributed by atoms with Gasteiger partial charge in [-0.25, -0.2) is 8.42 Å². The molecular weight excluding hydrogens is 350 g/mol. The third-order valence-corrected chi connectivity index (χ3v) is 6.17. The van der Waals surface area contributed by atoms with Gasteiger partial charge < -0.3 is 4.74 Å². The average Bonchev–Trinajstić information content (AvgIpc) is 2.69. The van der Waals surface area contributed by atoms with Gasteiger partial charge in [0.15, 0.2) is 5.75 Å². The second kappa shape index (κ2) is 7.57. The molecule has 2 aromatic carbocycles. The topological polar surface area (TPSA) is 94.2 Å². The van der Waals surface area contributed by atoms with E-state index in [9.17, 15) is 18.9 Å². The van der Waals surface area contributed by atoms with Gasteiger partial charge in [-0.1, -0.05) is 12.5 Å². The molecule has 1 fully saturated rings. The number of ether oxygens (including phenoxy) is 1. The molecule has 0 saturated carbocycles. The van der Waals surface area contributed by atoms with Gasteiger partial charge in [0.2, 0.25) is 10.0 Å². The quantitative estimate of drug-likeness (QED) is 0.825. The third-order valence-electron chi connectivity index (χ3n) is 4.25. The minimum absolute atomic E-state index is 0.170. The lowest BCUT2D eigenvalue weighted by Crippen LogP contribution is -2.35. The van der Waals surface area contributed by atoms with Crippen molar-refractivity contribution in [3.63, 3.8) is 0 Å². The van der Waals surface area contributed by atoms with E-state index < -0.39 is 10.0 Å². The number of piperidine rings is 1. The number of para-hydroxylation sites is 1. The number of hydrogen-bond donors (Lipinski definition) is 0. The average molecular weight is 367 g/mol. The molecule has 6 nitrogen and oxygen atoms in total. The van der Waals surface area contributed by atoms with Gasteiger partial charge >= 0.3 is 0 Å². The Labute approximate surface area is 152 Å². The monoisotopic (exact) mass is 367 g/mol. The lowest BCUT2D eigenvalue weighted by atomic mass is 10.1. The van der Waals surface area contributed by atoms with Gasteiger partial charge in [-0.2, -0.15) is 14.8 Å². The van der Waals surface area contributed by atoms with Gasteiger partial charge in [-0.05, 0) is 49.2 Å². The van der Waals surface area contributed by atoms with Gasteiger partial charge in [0.1, 0.15) is 17.9 Å². The van der Waals surface area contributed by atoms with E-state index in [-0.39, 0.29) is 21.8 Å². The summed E-state index contributed by atoms with van der Waals surface area (Å²) in [7, 11) is -3.50. The first-order valence-corrected chi connectivity index (χ1v) is 9.71. The van der Waals surface area contributed by atoms with Crippen LogP contribution >= 0.6 is 0 Å². The smallest absolute Gasteiger partial charge is 0.243 e. The van der Waals surface area contributed by atoms with Crippen molar-refractivity contribution < 1.29 is 13.2 Å². The van der Waals surface area contributed by atoms with Crippen LogP contribution in [0.3, 0.4) is 0 Å². The van der Waals surface area contributed by atoms with Crippen molar-refractivity contribution in [2.75, 3.05) is 13.1 Å². The highest BCUT2D eigenvalue weighted by atomic mass is 32.2. The first-order chi connectivity index (χ1) is 12.6. The summed E-state index contributed by atoms with van der Waals surface area (Å²) in [5.41, 5.74) is 0.489. The molecule has 0 aliphatic carbocycles. The van der Waals surface area contributed by atoms with Crippen LogP contribution in [-0.2, 0) is 10.0 Å². The second-order valence-corrected chi connectivity index (χ2v) is 7.88. The van der Waals surface area contributed by atoms with Gasteiger partial charge in [0.25, 0.3) is 0 Å². The fourth-order valence-corrected chi connectivity index (χ4v) is 4.39. The fraction of sp³-hybridized carbons (Fsp3) is 0.263. The van der Waals surface area contributed by atoms with Crippen LogP contribution in [0, 0.1) is 22.7 Å². The van der Waals surface area contributed by atoms with E-state index >= 15 is 0 Å². The minimum atomic E-state index is -3.50. The van der Waals surface area contributed by atoms with Crippen LogP contribution in [0.1, 0.15) is 30.4 Å². The molecule has 0 radical (unpaired) electrons. The number of rotatable bonds is 4. The number of hydrogen-bond acceptors (Lipinski definition) is 5. The Balaban J connectivity index is 1.86. The Bertz CT molecular complexity index is 948. The largest absolute Gasteiger partial charge is 0.455 e. The second-order valence-electron chi connectivity index (χ2n) is 5.94. The molecule has 2 aromatic rings. The highest BCUT2D eigenvalue weighted by Gasteiger charge is 2.25. The van der Waals surface area contributed by atoms with Crippen molar-refractivity contribution in [2.24, 2.45) is 0 Å². The van der Waals surface area contributed by atoms with Gasteiger partial charge in [-0.15, -0.1) is 0 Å². The van der Waals surface area contributed by atoms with E-state index in [4.69, 9.17) is 4.74 Å². The molecule has 3 rings (SSSR count). The number of nitriles is 2. The molecule has 1 heterocycles. The first kappa shape index (κ1) is 17.9. The fourth-order valence-electron chi connectivity index (χ4n) is 2.87. The maximum absolute atomic E-state index is 12.7. The molecule has 0 bridgehead atoms. The van der Waals surface area contributed by atoms with Crippen molar-refractivity contribution in [2.45, 2.75) is 24.2 Å². The predicted molar refractivity (Wildman–Crippen MR) is 95.0 cm³/mol. The maximum atomic E-state index is 12.7. The number of benzene rings is 2. The van der Waals surface area contributed by atoms with E-state index in [2.05, 4.69) is 0 Å². The van der Waals surface area contributed by atoms with E-state index in [1.54, 1.807) is 18.2 Å². The summed E-state index contributed by atoms with van der Waals surface area (Å²) in [6.07, 6.45) is 2.81. The molecule has 0 N–H and O–H groups in total. The van der Waals surface area contributed by atoms with Crippen LogP contribution in [0.4, 0.5) is 0 Å². The molecule has 0 atom stereocenters. The van der Waals surface area contributed by atoms with Crippen LogP contribution in [0.25, 0.3) is 0 Å². The van der Waals surface area contributed by atoms with Gasteiger partial charge in [-0.3, -0.25) is 0 Å². The Morgan fingerprint density at radius 3 is 2.00 bits per heavy atom. The predicted octanol–water partition coefficient (Wildman–Crippen LogP) is 3.40. The molecule has 0 unspecified atom stereocenters. The molecule has 0 amide bonds. The maximum Gasteiger partial charge on any atom is 0.243 e. The molecule has 1 aliphatic heterocycles. The SMILES string of the molecule is N#Cc1cccc(C#N)c1Oc1ccc(S(=O)(=O)N2CCCCC2)cc1. The van der Waals surface area contributed by atoms with Crippen LogP contribution in [0.2, 0.25) is 0 Å². The van der Waals surface area contributed by atoms with Crippen molar-refractivity contribution in [1.82, 2.24) is 4.31 Å².